The van der Waals surface area contributed by atoms with Crippen molar-refractivity contribution >= 4 is 105 Å². The molecule has 6 nitrogen and oxygen atoms in total. The van der Waals surface area contributed by atoms with Gasteiger partial charge in [0.05, 0.1) is 44.4 Å². The molecule has 2 saturated carbocycles. The topological polar surface area (TPSA) is 74.8 Å². The number of allylic oxidation sites excluding steroid dienone is 2. The number of hydrogen-bond acceptors (Lipinski definition) is 4. The number of anilines is 2. The quantitative estimate of drug-likeness (QED) is 0.278. The van der Waals surface area contributed by atoms with Crippen molar-refractivity contribution in [2.75, 3.05) is 9.80 Å². The van der Waals surface area contributed by atoms with E-state index in [0.29, 0.717) is 22.5 Å². The molecule has 6 atom stereocenters. The predicted octanol–water partition coefficient (Wildman–Crippen LogP) is 6.46. The van der Waals surface area contributed by atoms with Gasteiger partial charge in [-0.1, -0.05) is 58.5 Å². The maximum atomic E-state index is 13.6. The Bertz CT molecular complexity index is 1490. The average molecular weight is 645 g/mol. The number of fused-ring (bicyclic) bond motifs is 7. The third-order valence-electron chi connectivity index (χ3n) is 8.99. The van der Waals surface area contributed by atoms with E-state index < -0.39 is 49.6 Å². The largest absolute Gasteiger partial charge is 0.274 e. The molecule has 0 N–H and O–H groups in total. The Morgan fingerprint density at radius 3 is 1.41 bits per heavy atom. The number of halogens is 6. The molecule has 3 fully saturated rings. The highest BCUT2D eigenvalue weighted by atomic mass is 35.5. The lowest BCUT2D eigenvalue weighted by atomic mass is 9.65. The lowest BCUT2D eigenvalue weighted by Crippen LogP contribution is -2.44. The molecule has 5 aliphatic rings. The van der Waals surface area contributed by atoms with Crippen LogP contribution in [0.25, 0.3) is 0 Å². The van der Waals surface area contributed by atoms with E-state index in [1.54, 1.807) is 36.4 Å². The van der Waals surface area contributed by atoms with E-state index in [2.05, 4.69) is 0 Å². The second kappa shape index (κ2) is 8.15. The highest BCUT2D eigenvalue weighted by molar-refractivity contribution is 6.65. The van der Waals surface area contributed by atoms with Crippen LogP contribution in [0.2, 0.25) is 0 Å². The Kier molecular flexibility index (Phi) is 5.46. The molecule has 0 aromatic heterocycles. The van der Waals surface area contributed by atoms with Gasteiger partial charge in [0.25, 0.3) is 11.8 Å². The van der Waals surface area contributed by atoms with E-state index in [4.69, 9.17) is 69.6 Å². The van der Waals surface area contributed by atoms with E-state index >= 15 is 0 Å². The minimum Gasteiger partial charge on any atom is -0.274 e. The Morgan fingerprint density at radius 2 is 1.00 bits per heavy atom. The van der Waals surface area contributed by atoms with Crippen LogP contribution in [0, 0.1) is 23.7 Å². The highest BCUT2D eigenvalue weighted by Gasteiger charge is 2.83. The third-order valence-corrected chi connectivity index (χ3v) is 13.3. The Balaban J connectivity index is 1.18. The molecule has 2 aromatic carbocycles. The molecule has 0 spiro atoms. The first kappa shape index (κ1) is 26.1. The Labute approximate surface area is 252 Å². The summed E-state index contributed by atoms with van der Waals surface area (Å²) < 4.78 is -1.73. The zero-order valence-corrected chi connectivity index (χ0v) is 24.2. The van der Waals surface area contributed by atoms with Gasteiger partial charge >= 0.3 is 0 Å². The lowest BCUT2D eigenvalue weighted by molar-refractivity contribution is -0.122. The number of carbonyl (C=O) groups excluding carboxylic acids is 4. The summed E-state index contributed by atoms with van der Waals surface area (Å²) in [6.45, 7) is 0. The summed E-state index contributed by atoms with van der Waals surface area (Å²) in [7, 11) is 0. The zero-order valence-electron chi connectivity index (χ0n) is 19.6. The number of rotatable bonds is 2. The number of nitrogens with zero attached hydrogens (tertiary/aromatic N) is 2. The zero-order chi connectivity index (χ0) is 27.8. The van der Waals surface area contributed by atoms with Crippen LogP contribution >= 0.6 is 69.6 Å². The van der Waals surface area contributed by atoms with Gasteiger partial charge in [-0.05, 0) is 61.1 Å². The molecule has 6 unspecified atom stereocenters. The molecule has 39 heavy (non-hydrogen) atoms. The van der Waals surface area contributed by atoms with Gasteiger partial charge in [0, 0.05) is 0 Å². The van der Waals surface area contributed by atoms with Crippen molar-refractivity contribution in [1.29, 1.82) is 0 Å². The van der Waals surface area contributed by atoms with E-state index in [-0.39, 0.29) is 34.7 Å². The number of hydrogen-bond donors (Lipinski definition) is 0. The molecule has 1 saturated heterocycles. The van der Waals surface area contributed by atoms with Crippen LogP contribution in [0.1, 0.15) is 33.6 Å². The summed E-state index contributed by atoms with van der Waals surface area (Å²) in [4.78, 5) is 52.1. The first-order valence-corrected chi connectivity index (χ1v) is 14.4. The van der Waals surface area contributed by atoms with Gasteiger partial charge in [0.15, 0.2) is 4.33 Å². The minimum atomic E-state index is -1.73. The molecule has 3 aliphatic carbocycles. The van der Waals surface area contributed by atoms with Crippen LogP contribution in [-0.2, 0) is 9.59 Å². The van der Waals surface area contributed by atoms with Crippen LogP contribution in [-0.4, -0.2) is 37.7 Å². The monoisotopic (exact) mass is 642 g/mol. The van der Waals surface area contributed by atoms with E-state index in [1.165, 1.54) is 12.1 Å². The van der Waals surface area contributed by atoms with Crippen LogP contribution in [0.3, 0.4) is 0 Å². The molecule has 7 rings (SSSR count). The first-order valence-electron chi connectivity index (χ1n) is 12.1. The SMILES string of the molecule is O=C1c2ccccc2C(=O)N1c1ccc(N2C(=O)C3CC4C(CC3C2=O)C2(Cl)C(Cl)=C(Cl)C4(Cl)C2(Cl)Cl)cc1. The summed E-state index contributed by atoms with van der Waals surface area (Å²) in [5.41, 5.74) is 1.30. The minimum absolute atomic E-state index is 0.0721. The smallest absolute Gasteiger partial charge is 0.266 e. The fourth-order valence-electron chi connectivity index (χ4n) is 7.15. The number of carbonyl (C=O) groups is 4. The van der Waals surface area contributed by atoms with Gasteiger partial charge in [-0.2, -0.15) is 0 Å². The summed E-state index contributed by atoms with van der Waals surface area (Å²) >= 11 is 40.3. The van der Waals surface area contributed by atoms with Crippen LogP contribution in [0.4, 0.5) is 11.4 Å². The van der Waals surface area contributed by atoms with Crippen molar-refractivity contribution in [2.24, 2.45) is 23.7 Å². The van der Waals surface area contributed by atoms with Gasteiger partial charge in [0.1, 0.15) is 9.75 Å². The molecular formula is C27H16Cl6N2O4. The standard InChI is InChI=1S/C27H16Cl6N2O4/c28-19-20(29)26(31)18-10-16-15(9-17(18)25(19,30)27(26,32)33)23(38)35(24(16)39)12-7-5-11(6-8-12)34-21(36)13-3-1-2-4-14(13)22(34)37/h1-8,15-18H,9-10H2. The summed E-state index contributed by atoms with van der Waals surface area (Å²) in [5.74, 6) is -3.93. The second-order valence-electron chi connectivity index (χ2n) is 10.5. The van der Waals surface area contributed by atoms with E-state index in [0.717, 1.165) is 9.80 Å². The third kappa shape index (κ3) is 2.88. The molecule has 12 heteroatoms. The first-order chi connectivity index (χ1) is 18.4. The van der Waals surface area contributed by atoms with Crippen molar-refractivity contribution in [2.45, 2.75) is 26.9 Å². The number of amides is 4. The Morgan fingerprint density at radius 1 is 0.615 bits per heavy atom. The highest BCUT2D eigenvalue weighted by Crippen LogP contribution is 2.79. The van der Waals surface area contributed by atoms with Gasteiger partial charge < -0.3 is 0 Å². The van der Waals surface area contributed by atoms with Crippen molar-refractivity contribution in [1.82, 2.24) is 0 Å². The molecule has 0 radical (unpaired) electrons. The molecule has 2 aliphatic heterocycles. The summed E-state index contributed by atoms with van der Waals surface area (Å²) in [6, 6.07) is 12.7. The van der Waals surface area contributed by atoms with Crippen molar-refractivity contribution in [3.05, 3.63) is 69.7 Å². The van der Waals surface area contributed by atoms with Crippen molar-refractivity contribution < 1.29 is 19.2 Å². The van der Waals surface area contributed by atoms with Crippen LogP contribution in [0.15, 0.2) is 58.6 Å². The van der Waals surface area contributed by atoms with Gasteiger partial charge in [-0.25, -0.2) is 4.90 Å². The van der Waals surface area contributed by atoms with Crippen molar-refractivity contribution in [3.63, 3.8) is 0 Å². The van der Waals surface area contributed by atoms with Gasteiger partial charge in [-0.15, -0.1) is 23.2 Å². The van der Waals surface area contributed by atoms with Crippen molar-refractivity contribution in [3.8, 4) is 0 Å². The Hall–Kier alpha value is -1.80. The fraction of sp³-hybridized carbons (Fsp3) is 0.333. The maximum Gasteiger partial charge on any atom is 0.266 e. The molecule has 4 amide bonds. The normalized spacial score (nSPS) is 36.2. The maximum absolute atomic E-state index is 13.6. The van der Waals surface area contributed by atoms with E-state index in [1.807, 2.05) is 0 Å². The number of imide groups is 2. The van der Waals surface area contributed by atoms with Crippen LogP contribution in [0.5, 0.6) is 0 Å². The number of alkyl halides is 4. The van der Waals surface area contributed by atoms with E-state index in [9.17, 15) is 19.2 Å². The average Bonchev–Trinajstić information content (AvgIpc) is 3.41. The molecule has 200 valence electrons. The van der Waals surface area contributed by atoms with Gasteiger partial charge in [0.2, 0.25) is 11.8 Å². The molecule has 2 aromatic rings. The van der Waals surface area contributed by atoms with Crippen LogP contribution < -0.4 is 9.80 Å². The molecular weight excluding hydrogens is 629 g/mol. The summed E-state index contributed by atoms with van der Waals surface area (Å²) in [5, 5.41) is 0.144. The molecule has 2 bridgehead atoms. The predicted molar refractivity (Wildman–Crippen MR) is 150 cm³/mol. The fourth-order valence-corrected chi connectivity index (χ4v) is 10.3. The van der Waals surface area contributed by atoms with Gasteiger partial charge in [-0.3, -0.25) is 24.1 Å². The second-order valence-corrected chi connectivity index (χ2v) is 13.8. The summed E-state index contributed by atoms with van der Waals surface area (Å²) in [6.07, 6.45) is 0.423. The number of benzene rings is 2. The molecule has 2 heterocycles. The lowest BCUT2D eigenvalue weighted by Gasteiger charge is -2.42.